The molecule has 45 heavy (non-hydrogen) atoms. The van der Waals surface area contributed by atoms with Gasteiger partial charge in [0.05, 0.1) is 31.2 Å². The summed E-state index contributed by atoms with van der Waals surface area (Å²) in [6, 6.07) is 15.4. The monoisotopic (exact) mass is 641 g/mol. The van der Waals surface area contributed by atoms with E-state index in [0.29, 0.717) is 30.7 Å². The Balaban J connectivity index is 0.000000423. The van der Waals surface area contributed by atoms with Crippen LogP contribution in [0.1, 0.15) is 38.3 Å². The number of esters is 2. The number of hydrogen-bond donors (Lipinski definition) is 2. The summed E-state index contributed by atoms with van der Waals surface area (Å²) in [6.07, 6.45) is 2.27. The number of imidazole rings is 1. The highest BCUT2D eigenvalue weighted by Gasteiger charge is 2.24. The second-order valence-corrected chi connectivity index (χ2v) is 11.6. The number of carbonyl (C=O) groups excluding carboxylic acids is 3. The Morgan fingerprint density at radius 1 is 1.00 bits per heavy atom. The summed E-state index contributed by atoms with van der Waals surface area (Å²) >= 11 is 0. The quantitative estimate of drug-likeness (QED) is 0.139. The number of nitrogens with zero attached hydrogens (tertiary/aromatic N) is 3. The Labute approximate surface area is 259 Å². The zero-order chi connectivity index (χ0) is 33.1. The number of benzene rings is 2. The molecule has 0 aliphatic heterocycles. The van der Waals surface area contributed by atoms with E-state index in [2.05, 4.69) is 15.3 Å². The highest BCUT2D eigenvalue weighted by molar-refractivity contribution is 7.85. The molecule has 15 heteroatoms. The lowest BCUT2D eigenvalue weighted by molar-refractivity contribution is -0.675. The van der Waals surface area contributed by atoms with Gasteiger partial charge in [0.2, 0.25) is 11.4 Å². The highest BCUT2D eigenvalue weighted by atomic mass is 32.2. The number of ether oxygens (including phenoxy) is 2. The van der Waals surface area contributed by atoms with Crippen LogP contribution >= 0.6 is 0 Å². The predicted octanol–water partition coefficient (Wildman–Crippen LogP) is 2.05. The van der Waals surface area contributed by atoms with Gasteiger partial charge in [-0.1, -0.05) is 53.0 Å². The molecule has 1 amide bonds. The van der Waals surface area contributed by atoms with Crippen LogP contribution in [0, 0.1) is 12.8 Å². The summed E-state index contributed by atoms with van der Waals surface area (Å²) in [5.74, 6) is -1.40. The van der Waals surface area contributed by atoms with E-state index in [1.165, 1.54) is 32.9 Å². The molecule has 2 aromatic carbocycles. The molecule has 4 rings (SSSR count). The van der Waals surface area contributed by atoms with Gasteiger partial charge in [-0.25, -0.2) is 13.0 Å². The van der Waals surface area contributed by atoms with Gasteiger partial charge in [0.1, 0.15) is 10.1 Å². The minimum absolute atomic E-state index is 0.0487. The summed E-state index contributed by atoms with van der Waals surface area (Å²) in [5, 5.41) is 2.51. The summed E-state index contributed by atoms with van der Waals surface area (Å²) in [6.45, 7) is 6.81. The Hall–Kier alpha value is -4.89. The fourth-order valence-electron chi connectivity index (χ4n) is 4.20. The van der Waals surface area contributed by atoms with Crippen molar-refractivity contribution in [3.8, 4) is 0 Å². The van der Waals surface area contributed by atoms with Crippen molar-refractivity contribution in [1.82, 2.24) is 14.5 Å². The minimum atomic E-state index is -4.27. The van der Waals surface area contributed by atoms with Crippen LogP contribution in [0.5, 0.6) is 0 Å². The summed E-state index contributed by atoms with van der Waals surface area (Å²) in [5.41, 5.74) is 2.29. The van der Waals surface area contributed by atoms with Crippen molar-refractivity contribution in [3.05, 3.63) is 82.4 Å². The first-order chi connectivity index (χ1) is 21.2. The van der Waals surface area contributed by atoms with E-state index in [0.717, 1.165) is 11.1 Å². The lowest BCUT2D eigenvalue weighted by atomic mass is 10.1. The Bertz CT molecular complexity index is 1780. The first-order valence-electron chi connectivity index (χ1n) is 13.9. The maximum absolute atomic E-state index is 12.9. The fraction of sp³-hybridized carbons (Fsp3) is 0.333. The molecule has 0 aliphatic carbocycles. The third-order valence-electron chi connectivity index (χ3n) is 6.34. The number of carbonyl (C=O) groups is 3. The van der Waals surface area contributed by atoms with Gasteiger partial charge in [-0.3, -0.25) is 34.0 Å². The number of nitrogens with one attached hydrogen (secondary N) is 2. The van der Waals surface area contributed by atoms with Crippen LogP contribution in [0.15, 0.2) is 70.6 Å². The predicted molar refractivity (Wildman–Crippen MR) is 161 cm³/mol. The number of aryl methyl sites for hydroxylation is 2. The second-order valence-electron chi connectivity index (χ2n) is 10.2. The first-order valence-corrected chi connectivity index (χ1v) is 15.3. The number of aromatic nitrogens is 4. The van der Waals surface area contributed by atoms with E-state index >= 15 is 0 Å². The molecule has 0 fully saturated rings. The van der Waals surface area contributed by atoms with Gasteiger partial charge in [-0.15, -0.1) is 0 Å². The first kappa shape index (κ1) is 34.6. The van der Waals surface area contributed by atoms with Gasteiger partial charge in [0.15, 0.2) is 6.33 Å². The number of hydrogen-bond acceptors (Lipinski definition) is 10. The molecular formula is C30H35N5O9S. The molecule has 2 aromatic heterocycles. The number of aromatic amines is 1. The topological polar surface area (TPSA) is 193 Å². The molecule has 0 unspecified atom stereocenters. The molecule has 0 atom stereocenters. The van der Waals surface area contributed by atoms with Crippen LogP contribution in [0.2, 0.25) is 0 Å². The van der Waals surface area contributed by atoms with Crippen molar-refractivity contribution in [2.24, 2.45) is 5.92 Å². The lowest BCUT2D eigenvalue weighted by Crippen LogP contribution is -2.36. The van der Waals surface area contributed by atoms with Gasteiger partial charge in [0.25, 0.3) is 11.5 Å². The smallest absolute Gasteiger partial charge is 0.311 e. The van der Waals surface area contributed by atoms with Gasteiger partial charge in [-0.2, -0.15) is 0 Å². The van der Waals surface area contributed by atoms with E-state index in [9.17, 15) is 32.1 Å². The molecule has 0 saturated carbocycles. The van der Waals surface area contributed by atoms with Gasteiger partial charge < -0.3 is 14.0 Å². The fourth-order valence-corrected chi connectivity index (χ4v) is 4.67. The minimum Gasteiger partial charge on any atom is -0.744 e. The molecule has 4 aromatic rings. The maximum atomic E-state index is 12.9. The molecule has 14 nitrogen and oxygen atoms in total. The Kier molecular flexibility index (Phi) is 12.1. The van der Waals surface area contributed by atoms with Crippen LogP contribution in [0.3, 0.4) is 0 Å². The third-order valence-corrected chi connectivity index (χ3v) is 7.19. The molecule has 0 bridgehead atoms. The van der Waals surface area contributed by atoms with E-state index in [1.807, 2.05) is 37.3 Å². The summed E-state index contributed by atoms with van der Waals surface area (Å²) in [4.78, 5) is 53.8. The molecule has 0 aliphatic rings. The molecule has 0 saturated heterocycles. The normalized spacial score (nSPS) is 11.1. The van der Waals surface area contributed by atoms with Crippen molar-refractivity contribution in [3.63, 3.8) is 0 Å². The molecule has 0 radical (unpaired) electrons. The van der Waals surface area contributed by atoms with Gasteiger partial charge in [0, 0.05) is 26.7 Å². The van der Waals surface area contributed by atoms with E-state index in [1.54, 1.807) is 27.6 Å². The molecule has 240 valence electrons. The number of amides is 1. The van der Waals surface area contributed by atoms with Crippen molar-refractivity contribution in [2.45, 2.75) is 52.1 Å². The summed E-state index contributed by atoms with van der Waals surface area (Å²) in [7, 11) is -4.27. The van der Waals surface area contributed by atoms with Crippen LogP contribution in [-0.4, -0.2) is 58.6 Å². The van der Waals surface area contributed by atoms with Crippen molar-refractivity contribution in [2.75, 3.05) is 18.5 Å². The van der Waals surface area contributed by atoms with Crippen molar-refractivity contribution >= 4 is 45.1 Å². The van der Waals surface area contributed by atoms with Crippen LogP contribution in [0.25, 0.3) is 11.2 Å². The standard InChI is InChI=1S/C23H27N5O6.C7H8O3S/c1-15(29)24-23-25-21-20(22(32)26-23)28(11-18-7-5-4-6-8-18)14-27(21)10-9-19(12-33-16(2)30)13-34-17(3)31;1-6-2-4-7(5-3-6)11(8,9)10/h4-8,14,19H,9-13H2,1-3H3,(H-,24,25,26,29,32);2-5H,1H3,(H,8,9,10). The molecular weight excluding hydrogens is 606 g/mol. The average Bonchev–Trinajstić information content (AvgIpc) is 3.30. The largest absolute Gasteiger partial charge is 0.744 e. The number of anilines is 1. The second kappa shape index (κ2) is 15.7. The van der Waals surface area contributed by atoms with Gasteiger partial charge >= 0.3 is 17.6 Å². The molecule has 2 N–H and O–H groups in total. The SMILES string of the molecule is CC(=O)Nc1nc2c(c(=O)[nH]1)n(Cc1ccccc1)c[n+]2CCC(COC(C)=O)COC(C)=O.Cc1ccc(S(=O)(=O)[O-])cc1. The Morgan fingerprint density at radius 2 is 1.60 bits per heavy atom. The molecule has 0 spiro atoms. The number of rotatable bonds is 11. The summed E-state index contributed by atoms with van der Waals surface area (Å²) < 4.78 is 45.0. The van der Waals surface area contributed by atoms with Crippen LogP contribution in [-0.2, 0) is 47.1 Å². The average molecular weight is 642 g/mol. The zero-order valence-electron chi connectivity index (χ0n) is 25.3. The van der Waals surface area contributed by atoms with Crippen molar-refractivity contribution in [1.29, 1.82) is 0 Å². The number of fused-ring (bicyclic) bond motifs is 1. The Morgan fingerprint density at radius 3 is 2.13 bits per heavy atom. The van der Waals surface area contributed by atoms with Crippen LogP contribution in [0.4, 0.5) is 5.95 Å². The molecule has 2 heterocycles. The van der Waals surface area contributed by atoms with E-state index in [-0.39, 0.29) is 41.4 Å². The van der Waals surface area contributed by atoms with E-state index < -0.39 is 22.1 Å². The third kappa shape index (κ3) is 11.0. The zero-order valence-corrected chi connectivity index (χ0v) is 26.1. The van der Waals surface area contributed by atoms with Crippen molar-refractivity contribution < 1.29 is 41.4 Å². The number of H-pyrrole nitrogens is 1. The van der Waals surface area contributed by atoms with Gasteiger partial charge in [-0.05, 0) is 31.0 Å². The maximum Gasteiger partial charge on any atom is 0.311 e. The highest BCUT2D eigenvalue weighted by Crippen LogP contribution is 2.13. The van der Waals surface area contributed by atoms with E-state index in [4.69, 9.17) is 9.47 Å². The lowest BCUT2D eigenvalue weighted by Gasteiger charge is -2.15. The van der Waals surface area contributed by atoms with Crippen LogP contribution < -0.4 is 15.4 Å².